The first kappa shape index (κ1) is 23.8. The van der Waals surface area contributed by atoms with Gasteiger partial charge in [0, 0.05) is 0 Å². The third kappa shape index (κ3) is 10.9. The second kappa shape index (κ2) is 12.1. The molecule has 0 saturated carbocycles. The van der Waals surface area contributed by atoms with Crippen molar-refractivity contribution in [3.63, 3.8) is 0 Å². The summed E-state index contributed by atoms with van der Waals surface area (Å²) in [6, 6.07) is 0. The van der Waals surface area contributed by atoms with Crippen LogP contribution in [0.15, 0.2) is 0 Å². The fourth-order valence-corrected chi connectivity index (χ4v) is 2.49. The monoisotopic (exact) mass is 326 g/mol. The zero-order valence-corrected chi connectivity index (χ0v) is 17.4. The average molecular weight is 327 g/mol. The van der Waals surface area contributed by atoms with Crippen LogP contribution in [0, 0.1) is 17.3 Å². The summed E-state index contributed by atoms with van der Waals surface area (Å²) in [5.41, 5.74) is -0.0616. The Morgan fingerprint density at radius 3 is 1.86 bits per heavy atom. The van der Waals surface area contributed by atoms with Gasteiger partial charge in [-0.05, 0) is 24.2 Å². The summed E-state index contributed by atoms with van der Waals surface area (Å²) >= 11 is 0. The van der Waals surface area contributed by atoms with Crippen LogP contribution in [-0.4, -0.2) is 22.2 Å². The zero-order valence-electron chi connectivity index (χ0n) is 15.3. The summed E-state index contributed by atoms with van der Waals surface area (Å²) in [6.07, 6.45) is 6.95. The first-order chi connectivity index (χ1) is 9.20. The van der Waals surface area contributed by atoms with Crippen molar-refractivity contribution < 1.29 is 72.6 Å². The number of hydrogen-bond donors (Lipinski definition) is 2. The number of carboxylic acid groups (broad SMARTS) is 2. The van der Waals surface area contributed by atoms with Crippen LogP contribution in [0.4, 0.5) is 0 Å². The average Bonchev–Trinajstić information content (AvgIpc) is 2.29. The first-order valence-corrected chi connectivity index (χ1v) is 7.65. The van der Waals surface area contributed by atoms with Crippen molar-refractivity contribution in [3.8, 4) is 0 Å². The van der Waals surface area contributed by atoms with Crippen molar-refractivity contribution in [3.05, 3.63) is 0 Å². The van der Waals surface area contributed by atoms with Crippen molar-refractivity contribution in [2.45, 2.75) is 72.6 Å². The van der Waals surface area contributed by atoms with Crippen molar-refractivity contribution in [1.29, 1.82) is 0 Å². The molecule has 21 heavy (non-hydrogen) atoms. The van der Waals surface area contributed by atoms with Crippen LogP contribution in [0.25, 0.3) is 0 Å². The normalized spacial score (nSPS) is 12.8. The largest absolute Gasteiger partial charge is 1.00 e. The van der Waals surface area contributed by atoms with Gasteiger partial charge in [-0.3, -0.25) is 9.59 Å². The molecular formula is C16H31KO4. The molecule has 0 rings (SSSR count). The van der Waals surface area contributed by atoms with Crippen molar-refractivity contribution in [2.75, 3.05) is 0 Å². The number of hydrogen-bond acceptors (Lipinski definition) is 2. The quantitative estimate of drug-likeness (QED) is 0.360. The van der Waals surface area contributed by atoms with Gasteiger partial charge in [-0.2, -0.15) is 0 Å². The van der Waals surface area contributed by atoms with Gasteiger partial charge in [0.15, 0.2) is 5.92 Å². The molecule has 0 heterocycles. The standard InChI is InChI=1S/C16H30O4.K.H/c1-5-6-7-8-9-10-12(16(2,3)4)11-13(14(17)18)15(19)20;;/h12-13H,5-11H2,1-4H3,(H,17,18)(H,19,20);;/q;+1;-1. The molecule has 0 spiro atoms. The van der Waals surface area contributed by atoms with E-state index in [0.717, 1.165) is 19.3 Å². The topological polar surface area (TPSA) is 74.6 Å². The second-order valence-corrected chi connectivity index (χ2v) is 6.73. The summed E-state index contributed by atoms with van der Waals surface area (Å²) in [7, 11) is 0. The minimum atomic E-state index is -1.28. The third-order valence-corrected chi connectivity index (χ3v) is 4.00. The molecule has 0 saturated heterocycles. The van der Waals surface area contributed by atoms with Crippen LogP contribution in [-0.2, 0) is 9.59 Å². The molecule has 0 aromatic heterocycles. The predicted octanol–water partition coefficient (Wildman–Crippen LogP) is 1.30. The van der Waals surface area contributed by atoms with Gasteiger partial charge in [0.05, 0.1) is 0 Å². The maximum Gasteiger partial charge on any atom is 1.00 e. The van der Waals surface area contributed by atoms with E-state index >= 15 is 0 Å². The maximum absolute atomic E-state index is 11.0. The van der Waals surface area contributed by atoms with Gasteiger partial charge in [0.25, 0.3) is 0 Å². The molecule has 2 N–H and O–H groups in total. The second-order valence-electron chi connectivity index (χ2n) is 6.73. The molecule has 0 aliphatic rings. The Bertz CT molecular complexity index is 302. The van der Waals surface area contributed by atoms with Gasteiger partial charge in [-0.15, -0.1) is 0 Å². The molecule has 120 valence electrons. The summed E-state index contributed by atoms with van der Waals surface area (Å²) in [5, 5.41) is 18.0. The molecule has 1 unspecified atom stereocenters. The Kier molecular flexibility index (Phi) is 13.7. The molecule has 0 aromatic rings. The Labute approximate surface area is 173 Å². The van der Waals surface area contributed by atoms with E-state index in [4.69, 9.17) is 10.2 Å². The number of carbonyl (C=O) groups is 2. The van der Waals surface area contributed by atoms with E-state index in [1.807, 2.05) is 0 Å². The Hall–Kier alpha value is 0.576. The first-order valence-electron chi connectivity index (χ1n) is 7.65. The molecule has 0 radical (unpaired) electrons. The SMILES string of the molecule is CCCCCCCC(CC(C(=O)O)C(=O)O)C(C)(C)C.[H-].[K+]. The van der Waals surface area contributed by atoms with Gasteiger partial charge in [0.1, 0.15) is 0 Å². The fraction of sp³-hybridized carbons (Fsp3) is 0.875. The van der Waals surface area contributed by atoms with Crippen LogP contribution >= 0.6 is 0 Å². The van der Waals surface area contributed by atoms with E-state index in [1.165, 1.54) is 19.3 Å². The summed E-state index contributed by atoms with van der Waals surface area (Å²) in [6.45, 7) is 8.35. The van der Waals surface area contributed by atoms with Crippen molar-refractivity contribution in [1.82, 2.24) is 0 Å². The molecule has 0 aliphatic carbocycles. The van der Waals surface area contributed by atoms with Crippen LogP contribution in [0.3, 0.4) is 0 Å². The molecule has 0 aromatic carbocycles. The molecule has 0 fully saturated rings. The summed E-state index contributed by atoms with van der Waals surface area (Å²) in [5.74, 6) is -3.60. The van der Waals surface area contributed by atoms with E-state index < -0.39 is 17.9 Å². The minimum absolute atomic E-state index is 0. The Morgan fingerprint density at radius 2 is 1.48 bits per heavy atom. The van der Waals surface area contributed by atoms with Gasteiger partial charge < -0.3 is 11.6 Å². The van der Waals surface area contributed by atoms with E-state index in [1.54, 1.807) is 0 Å². The Morgan fingerprint density at radius 1 is 1.00 bits per heavy atom. The van der Waals surface area contributed by atoms with Crippen LogP contribution in [0.5, 0.6) is 0 Å². The van der Waals surface area contributed by atoms with Crippen molar-refractivity contribution in [2.24, 2.45) is 17.3 Å². The molecule has 4 nitrogen and oxygen atoms in total. The van der Waals surface area contributed by atoms with E-state index in [2.05, 4.69) is 27.7 Å². The molecule has 5 heteroatoms. The minimum Gasteiger partial charge on any atom is -1.00 e. The van der Waals surface area contributed by atoms with Crippen LogP contribution in [0.2, 0.25) is 0 Å². The molecular weight excluding hydrogens is 295 g/mol. The van der Waals surface area contributed by atoms with E-state index in [0.29, 0.717) is 0 Å². The number of rotatable bonds is 10. The van der Waals surface area contributed by atoms with Gasteiger partial charge >= 0.3 is 63.3 Å². The zero-order chi connectivity index (χ0) is 15.8. The van der Waals surface area contributed by atoms with E-state index in [-0.39, 0.29) is 70.6 Å². The van der Waals surface area contributed by atoms with Gasteiger partial charge in [-0.25, -0.2) is 0 Å². The fourth-order valence-electron chi connectivity index (χ4n) is 2.49. The summed E-state index contributed by atoms with van der Waals surface area (Å²) in [4.78, 5) is 22.1. The third-order valence-electron chi connectivity index (χ3n) is 4.00. The van der Waals surface area contributed by atoms with Gasteiger partial charge in [-0.1, -0.05) is 59.8 Å². The van der Waals surface area contributed by atoms with Gasteiger partial charge in [0.2, 0.25) is 0 Å². The number of carboxylic acids is 2. The van der Waals surface area contributed by atoms with E-state index in [9.17, 15) is 9.59 Å². The smallest absolute Gasteiger partial charge is 1.00 e. The Balaban J connectivity index is -0.00000180. The van der Waals surface area contributed by atoms with Crippen molar-refractivity contribution >= 4 is 11.9 Å². The van der Waals surface area contributed by atoms with Crippen LogP contribution < -0.4 is 51.4 Å². The summed E-state index contributed by atoms with van der Waals surface area (Å²) < 4.78 is 0. The number of aliphatic carboxylic acids is 2. The molecule has 0 aliphatic heterocycles. The predicted molar refractivity (Wildman–Crippen MR) is 80.8 cm³/mol. The number of unbranched alkanes of at least 4 members (excludes halogenated alkanes) is 4. The molecule has 1 atom stereocenters. The molecule has 0 bridgehead atoms. The molecule has 0 amide bonds. The van der Waals surface area contributed by atoms with Crippen LogP contribution in [0.1, 0.15) is 74.1 Å². The maximum atomic E-state index is 11.0.